The minimum atomic E-state index is -4.27. The third kappa shape index (κ3) is 3.05. The number of likely N-dealkylation sites (tertiary alicyclic amines) is 1. The molecular formula is C14H17F3N. The number of halogens is 3. The number of alkyl halides is 3. The number of nitrogens with zero attached hydrogens (tertiary/aromatic N) is 1. The van der Waals surface area contributed by atoms with Gasteiger partial charge >= 0.3 is 6.18 Å². The normalized spacial score (nSPS) is 19.1. The molecule has 99 valence electrons. The van der Waals surface area contributed by atoms with Crippen molar-refractivity contribution < 1.29 is 13.2 Å². The van der Waals surface area contributed by atoms with Crippen molar-refractivity contribution in [2.24, 2.45) is 0 Å². The number of hydrogen-bond acceptors (Lipinski definition) is 1. The molecule has 1 aliphatic heterocycles. The van der Waals surface area contributed by atoms with Gasteiger partial charge in [0.25, 0.3) is 0 Å². The first-order chi connectivity index (χ1) is 8.50. The quantitative estimate of drug-likeness (QED) is 0.779. The number of piperidine rings is 1. The van der Waals surface area contributed by atoms with Gasteiger partial charge in [-0.25, -0.2) is 0 Å². The van der Waals surface area contributed by atoms with E-state index in [9.17, 15) is 13.2 Å². The van der Waals surface area contributed by atoms with E-state index in [0.717, 1.165) is 44.1 Å². The Balaban J connectivity index is 2.10. The van der Waals surface area contributed by atoms with Crippen molar-refractivity contribution in [3.05, 3.63) is 35.4 Å². The maximum atomic E-state index is 12.6. The molecule has 1 nitrogen and oxygen atoms in total. The van der Waals surface area contributed by atoms with Crippen molar-refractivity contribution in [2.75, 3.05) is 19.6 Å². The van der Waals surface area contributed by atoms with Crippen LogP contribution in [-0.2, 0) is 6.18 Å². The van der Waals surface area contributed by atoms with Gasteiger partial charge in [0.2, 0.25) is 0 Å². The summed E-state index contributed by atoms with van der Waals surface area (Å²) in [5.74, 6) is 0.242. The van der Waals surface area contributed by atoms with E-state index < -0.39 is 11.7 Å². The molecule has 1 heterocycles. The third-order valence-corrected chi connectivity index (χ3v) is 3.64. The Morgan fingerprint density at radius 2 is 1.94 bits per heavy atom. The highest BCUT2D eigenvalue weighted by atomic mass is 19.4. The highest BCUT2D eigenvalue weighted by molar-refractivity contribution is 5.28. The molecule has 0 aliphatic carbocycles. The topological polar surface area (TPSA) is 3.24 Å². The van der Waals surface area contributed by atoms with E-state index in [1.54, 1.807) is 6.07 Å². The third-order valence-electron chi connectivity index (χ3n) is 3.64. The predicted octanol–water partition coefficient (Wildman–Crippen LogP) is 3.70. The minimum absolute atomic E-state index is 0.242. The molecule has 1 aliphatic rings. The van der Waals surface area contributed by atoms with E-state index in [0.29, 0.717) is 0 Å². The summed E-state index contributed by atoms with van der Waals surface area (Å²) in [5.41, 5.74) is 0.193. The average Bonchev–Trinajstić information content (AvgIpc) is 2.38. The zero-order valence-corrected chi connectivity index (χ0v) is 10.4. The summed E-state index contributed by atoms with van der Waals surface area (Å²) in [6.45, 7) is 5.06. The van der Waals surface area contributed by atoms with Crippen molar-refractivity contribution in [3.8, 4) is 0 Å². The molecule has 1 saturated heterocycles. The van der Waals surface area contributed by atoms with Crippen LogP contribution in [0.3, 0.4) is 0 Å². The Kier molecular flexibility index (Phi) is 3.95. The van der Waals surface area contributed by atoms with Crippen LogP contribution in [0.25, 0.3) is 0 Å². The van der Waals surface area contributed by atoms with Crippen LogP contribution < -0.4 is 0 Å². The van der Waals surface area contributed by atoms with E-state index in [-0.39, 0.29) is 5.92 Å². The fourth-order valence-electron chi connectivity index (χ4n) is 2.47. The smallest absolute Gasteiger partial charge is 0.304 e. The monoisotopic (exact) mass is 256 g/mol. The van der Waals surface area contributed by atoms with E-state index in [4.69, 9.17) is 0 Å². The Hall–Kier alpha value is -1.03. The largest absolute Gasteiger partial charge is 0.416 e. The zero-order valence-electron chi connectivity index (χ0n) is 10.4. The van der Waals surface area contributed by atoms with Crippen molar-refractivity contribution >= 4 is 0 Å². The molecule has 1 aromatic rings. The highest BCUT2D eigenvalue weighted by Gasteiger charge is 2.31. The van der Waals surface area contributed by atoms with Crippen molar-refractivity contribution in [2.45, 2.75) is 31.9 Å². The van der Waals surface area contributed by atoms with Gasteiger partial charge in [0.15, 0.2) is 0 Å². The molecule has 1 radical (unpaired) electrons. The molecule has 0 saturated carbocycles. The van der Waals surface area contributed by atoms with Crippen LogP contribution in [0, 0.1) is 6.07 Å². The van der Waals surface area contributed by atoms with Gasteiger partial charge in [-0.3, -0.25) is 0 Å². The summed E-state index contributed by atoms with van der Waals surface area (Å²) >= 11 is 0. The van der Waals surface area contributed by atoms with E-state index in [2.05, 4.69) is 17.9 Å². The van der Waals surface area contributed by atoms with Crippen molar-refractivity contribution in [3.63, 3.8) is 0 Å². The zero-order chi connectivity index (χ0) is 13.2. The number of hydrogen-bond donors (Lipinski definition) is 0. The minimum Gasteiger partial charge on any atom is -0.304 e. The maximum Gasteiger partial charge on any atom is 0.416 e. The van der Waals surface area contributed by atoms with Crippen LogP contribution in [-0.4, -0.2) is 24.5 Å². The fourth-order valence-corrected chi connectivity index (χ4v) is 2.47. The molecule has 0 bridgehead atoms. The lowest BCUT2D eigenvalue weighted by Crippen LogP contribution is -2.32. The first-order valence-corrected chi connectivity index (χ1v) is 6.31. The van der Waals surface area contributed by atoms with Crippen molar-refractivity contribution in [1.82, 2.24) is 4.90 Å². The first kappa shape index (κ1) is 13.4. The molecule has 1 fully saturated rings. The summed E-state index contributed by atoms with van der Waals surface area (Å²) in [6.07, 6.45) is -2.40. The molecule has 2 rings (SSSR count). The Morgan fingerprint density at radius 1 is 1.28 bits per heavy atom. The molecule has 0 atom stereocenters. The SMILES string of the molecule is CCN1CCC(c2c[c]cc(C(F)(F)F)c2)CC1. The molecule has 0 aromatic heterocycles. The second kappa shape index (κ2) is 5.31. The second-order valence-corrected chi connectivity index (χ2v) is 4.76. The molecule has 0 N–H and O–H groups in total. The number of rotatable bonds is 2. The molecule has 18 heavy (non-hydrogen) atoms. The molecule has 0 spiro atoms. The average molecular weight is 256 g/mol. The molecule has 0 unspecified atom stereocenters. The first-order valence-electron chi connectivity index (χ1n) is 6.31. The van der Waals surface area contributed by atoms with E-state index >= 15 is 0 Å². The van der Waals surface area contributed by atoms with Crippen LogP contribution in [0.4, 0.5) is 13.2 Å². The van der Waals surface area contributed by atoms with E-state index in [1.807, 2.05) is 0 Å². The van der Waals surface area contributed by atoms with Gasteiger partial charge in [-0.2, -0.15) is 13.2 Å². The lowest BCUT2D eigenvalue weighted by Gasteiger charge is -2.31. The van der Waals surface area contributed by atoms with Gasteiger partial charge in [0.1, 0.15) is 0 Å². The van der Waals surface area contributed by atoms with Crippen LogP contribution >= 0.6 is 0 Å². The lowest BCUT2D eigenvalue weighted by atomic mass is 9.88. The van der Waals surface area contributed by atoms with Crippen LogP contribution in [0.15, 0.2) is 18.2 Å². The summed E-state index contributed by atoms with van der Waals surface area (Å²) < 4.78 is 37.9. The van der Waals surface area contributed by atoms with Crippen LogP contribution in [0.5, 0.6) is 0 Å². The molecule has 1 aromatic carbocycles. The standard InChI is InChI=1S/C14H17F3N/c1-2-18-8-6-11(7-9-18)12-4-3-5-13(10-12)14(15,16)17/h4-5,10-11H,2,6-9H2,1H3. The van der Waals surface area contributed by atoms with Gasteiger partial charge in [0.05, 0.1) is 5.56 Å². The van der Waals surface area contributed by atoms with Crippen molar-refractivity contribution in [1.29, 1.82) is 0 Å². The molecule has 4 heteroatoms. The summed E-state index contributed by atoms with van der Waals surface area (Å²) in [6, 6.07) is 6.62. The van der Waals surface area contributed by atoms with Gasteiger partial charge in [-0.15, -0.1) is 0 Å². The Morgan fingerprint density at radius 3 is 2.50 bits per heavy atom. The predicted molar refractivity (Wildman–Crippen MR) is 64.4 cm³/mol. The van der Waals surface area contributed by atoms with Crippen LogP contribution in [0.2, 0.25) is 0 Å². The highest BCUT2D eigenvalue weighted by Crippen LogP contribution is 2.33. The Labute approximate surface area is 106 Å². The number of benzene rings is 1. The maximum absolute atomic E-state index is 12.6. The summed E-state index contributed by atoms with van der Waals surface area (Å²) in [4.78, 5) is 2.33. The second-order valence-electron chi connectivity index (χ2n) is 4.76. The van der Waals surface area contributed by atoms with Gasteiger partial charge in [-0.05, 0) is 62.2 Å². The Bertz CT molecular complexity index is 392. The van der Waals surface area contributed by atoms with Gasteiger partial charge in [0, 0.05) is 0 Å². The molecule has 0 amide bonds. The summed E-state index contributed by atoms with van der Waals surface area (Å²) in [5, 5.41) is 0. The fraction of sp³-hybridized carbons (Fsp3) is 0.571. The van der Waals surface area contributed by atoms with Crippen LogP contribution in [0.1, 0.15) is 36.8 Å². The van der Waals surface area contributed by atoms with Gasteiger partial charge < -0.3 is 4.90 Å². The van der Waals surface area contributed by atoms with E-state index in [1.165, 1.54) is 6.07 Å². The van der Waals surface area contributed by atoms with Gasteiger partial charge in [-0.1, -0.05) is 13.0 Å². The lowest BCUT2D eigenvalue weighted by molar-refractivity contribution is -0.137. The molecular weight excluding hydrogens is 239 g/mol. The summed E-state index contributed by atoms with van der Waals surface area (Å²) in [7, 11) is 0.